The van der Waals surface area contributed by atoms with Crippen LogP contribution >= 0.6 is 11.6 Å². The number of hydrogen-bond donors (Lipinski definition) is 1. The minimum absolute atomic E-state index is 0.0292. The summed E-state index contributed by atoms with van der Waals surface area (Å²) < 4.78 is 5.43. The molecule has 2 aromatic carbocycles. The Balaban J connectivity index is 2.13. The van der Waals surface area contributed by atoms with Crippen molar-refractivity contribution >= 4 is 23.3 Å². The highest BCUT2D eigenvalue weighted by Gasteiger charge is 2.10. The molecule has 21 heavy (non-hydrogen) atoms. The van der Waals surface area contributed by atoms with E-state index < -0.39 is 10.9 Å². The molecule has 0 fully saturated rings. The van der Waals surface area contributed by atoms with Gasteiger partial charge >= 0.3 is 5.97 Å². The van der Waals surface area contributed by atoms with Crippen LogP contribution in [0.25, 0.3) is 0 Å². The van der Waals surface area contributed by atoms with Crippen molar-refractivity contribution in [2.24, 2.45) is 0 Å². The quantitative estimate of drug-likeness (QED) is 0.674. The molecule has 0 amide bonds. The van der Waals surface area contributed by atoms with E-state index in [0.717, 1.165) is 0 Å². The van der Waals surface area contributed by atoms with E-state index in [1.165, 1.54) is 30.3 Å². The van der Waals surface area contributed by atoms with Crippen LogP contribution < -0.4 is 4.74 Å². The first-order chi connectivity index (χ1) is 9.97. The van der Waals surface area contributed by atoms with E-state index in [1.807, 2.05) is 0 Å². The predicted octanol–water partition coefficient (Wildman–Crippen LogP) is 3.53. The van der Waals surface area contributed by atoms with Crippen LogP contribution in [0.15, 0.2) is 42.5 Å². The lowest BCUT2D eigenvalue weighted by molar-refractivity contribution is -0.384. The summed E-state index contributed by atoms with van der Waals surface area (Å²) >= 11 is 5.75. The van der Waals surface area contributed by atoms with Crippen molar-refractivity contribution in [2.75, 3.05) is 0 Å². The van der Waals surface area contributed by atoms with Gasteiger partial charge in [-0.3, -0.25) is 10.1 Å². The van der Waals surface area contributed by atoms with Gasteiger partial charge in [-0.2, -0.15) is 0 Å². The zero-order chi connectivity index (χ0) is 15.4. The molecular formula is C14H10ClNO5. The van der Waals surface area contributed by atoms with Crippen LogP contribution in [0.1, 0.15) is 15.9 Å². The fourth-order valence-electron chi connectivity index (χ4n) is 1.68. The molecule has 7 heteroatoms. The van der Waals surface area contributed by atoms with Crippen molar-refractivity contribution in [1.29, 1.82) is 0 Å². The molecule has 0 saturated heterocycles. The number of carbonyl (C=O) groups is 1. The van der Waals surface area contributed by atoms with Crippen LogP contribution in [0.4, 0.5) is 5.69 Å². The highest BCUT2D eigenvalue weighted by Crippen LogP contribution is 2.23. The Morgan fingerprint density at radius 2 is 2.05 bits per heavy atom. The molecule has 0 aliphatic heterocycles. The molecule has 1 N–H and O–H groups in total. The maximum Gasteiger partial charge on any atom is 0.337 e. The number of ether oxygens (including phenoxy) is 1. The summed E-state index contributed by atoms with van der Waals surface area (Å²) in [5, 5.41) is 19.7. The molecule has 0 heterocycles. The number of nitro groups is 1. The van der Waals surface area contributed by atoms with Gasteiger partial charge in [-0.05, 0) is 23.8 Å². The number of nitrogens with zero attached hydrogens (tertiary/aromatic N) is 1. The summed E-state index contributed by atoms with van der Waals surface area (Å²) in [5.74, 6) is -0.830. The average molecular weight is 308 g/mol. The summed E-state index contributed by atoms with van der Waals surface area (Å²) in [6, 6.07) is 10.3. The SMILES string of the molecule is O=C(O)c1cc(OCc2cccc([N+](=O)[O-])c2)ccc1Cl. The molecule has 6 nitrogen and oxygen atoms in total. The minimum Gasteiger partial charge on any atom is -0.489 e. The van der Waals surface area contributed by atoms with Crippen LogP contribution in [0.3, 0.4) is 0 Å². The number of nitro benzene ring substituents is 1. The van der Waals surface area contributed by atoms with Crippen molar-refractivity contribution in [1.82, 2.24) is 0 Å². The van der Waals surface area contributed by atoms with Gasteiger partial charge in [0.25, 0.3) is 5.69 Å². The molecule has 0 radical (unpaired) electrons. The molecule has 0 spiro atoms. The first kappa shape index (κ1) is 14.8. The van der Waals surface area contributed by atoms with Gasteiger partial charge in [-0.25, -0.2) is 4.79 Å². The van der Waals surface area contributed by atoms with E-state index in [4.69, 9.17) is 21.4 Å². The van der Waals surface area contributed by atoms with Gasteiger partial charge in [0.05, 0.1) is 15.5 Å². The van der Waals surface area contributed by atoms with Gasteiger partial charge in [-0.15, -0.1) is 0 Å². The summed E-state index contributed by atoms with van der Waals surface area (Å²) in [4.78, 5) is 21.1. The lowest BCUT2D eigenvalue weighted by atomic mass is 10.2. The molecule has 0 atom stereocenters. The van der Waals surface area contributed by atoms with Crippen molar-refractivity contribution in [3.8, 4) is 5.75 Å². The summed E-state index contributed by atoms with van der Waals surface area (Å²) in [6.07, 6.45) is 0. The summed E-state index contributed by atoms with van der Waals surface area (Å²) in [6.45, 7) is 0.0857. The van der Waals surface area contributed by atoms with Gasteiger partial charge in [0.1, 0.15) is 12.4 Å². The zero-order valence-electron chi connectivity index (χ0n) is 10.7. The molecule has 2 aromatic rings. The van der Waals surface area contributed by atoms with E-state index in [-0.39, 0.29) is 22.9 Å². The maximum atomic E-state index is 11.0. The highest BCUT2D eigenvalue weighted by atomic mass is 35.5. The molecular weight excluding hydrogens is 298 g/mol. The summed E-state index contributed by atoms with van der Waals surface area (Å²) in [5.41, 5.74) is 0.516. The van der Waals surface area contributed by atoms with Crippen molar-refractivity contribution in [3.05, 3.63) is 68.7 Å². The number of non-ortho nitro benzene ring substituents is 1. The third-order valence-corrected chi connectivity index (χ3v) is 3.02. The normalized spacial score (nSPS) is 10.1. The van der Waals surface area contributed by atoms with Gasteiger partial charge in [0.2, 0.25) is 0 Å². The molecule has 0 aromatic heterocycles. The maximum absolute atomic E-state index is 11.0. The largest absolute Gasteiger partial charge is 0.489 e. The lowest BCUT2D eigenvalue weighted by Crippen LogP contribution is -2.00. The molecule has 0 bridgehead atoms. The first-order valence-electron chi connectivity index (χ1n) is 5.86. The summed E-state index contributed by atoms with van der Waals surface area (Å²) in [7, 11) is 0. The number of rotatable bonds is 5. The number of benzene rings is 2. The van der Waals surface area contributed by atoms with Crippen LogP contribution in [0.2, 0.25) is 5.02 Å². The standard InChI is InChI=1S/C14H10ClNO5/c15-13-5-4-11(7-12(13)14(17)18)21-8-9-2-1-3-10(6-9)16(19)20/h1-7H,8H2,(H,17,18). The molecule has 0 unspecified atom stereocenters. The fraction of sp³-hybridized carbons (Fsp3) is 0.0714. The van der Waals surface area contributed by atoms with Crippen LogP contribution in [0.5, 0.6) is 5.75 Å². The van der Waals surface area contributed by atoms with E-state index in [2.05, 4.69) is 0 Å². The zero-order valence-corrected chi connectivity index (χ0v) is 11.4. The van der Waals surface area contributed by atoms with E-state index in [1.54, 1.807) is 12.1 Å². The third-order valence-electron chi connectivity index (χ3n) is 2.70. The van der Waals surface area contributed by atoms with Crippen molar-refractivity contribution < 1.29 is 19.6 Å². The van der Waals surface area contributed by atoms with Crippen LogP contribution in [-0.4, -0.2) is 16.0 Å². The number of carboxylic acids is 1. The van der Waals surface area contributed by atoms with Crippen molar-refractivity contribution in [3.63, 3.8) is 0 Å². The molecule has 0 aliphatic carbocycles. The van der Waals surface area contributed by atoms with Gasteiger partial charge in [-0.1, -0.05) is 23.7 Å². The lowest BCUT2D eigenvalue weighted by Gasteiger charge is -2.08. The number of hydrogen-bond acceptors (Lipinski definition) is 4. The Morgan fingerprint density at radius 3 is 2.71 bits per heavy atom. The number of halogens is 1. The van der Waals surface area contributed by atoms with Gasteiger partial charge < -0.3 is 9.84 Å². The predicted molar refractivity (Wildman–Crippen MR) is 75.8 cm³/mol. The highest BCUT2D eigenvalue weighted by molar-refractivity contribution is 6.33. The Bertz CT molecular complexity index is 702. The van der Waals surface area contributed by atoms with E-state index >= 15 is 0 Å². The average Bonchev–Trinajstić information content (AvgIpc) is 2.46. The third kappa shape index (κ3) is 3.70. The first-order valence-corrected chi connectivity index (χ1v) is 6.24. The fourth-order valence-corrected chi connectivity index (χ4v) is 1.88. The van der Waals surface area contributed by atoms with E-state index in [9.17, 15) is 14.9 Å². The van der Waals surface area contributed by atoms with Crippen molar-refractivity contribution in [2.45, 2.75) is 6.61 Å². The number of aromatic carboxylic acids is 1. The Labute approximate surface area is 124 Å². The molecule has 0 aliphatic rings. The monoisotopic (exact) mass is 307 g/mol. The van der Waals surface area contributed by atoms with Crippen LogP contribution in [0, 0.1) is 10.1 Å². The molecule has 108 valence electrons. The Kier molecular flexibility index (Phi) is 4.39. The topological polar surface area (TPSA) is 89.7 Å². The van der Waals surface area contributed by atoms with Crippen LogP contribution in [-0.2, 0) is 6.61 Å². The van der Waals surface area contributed by atoms with E-state index in [0.29, 0.717) is 11.3 Å². The molecule has 2 rings (SSSR count). The second-order valence-corrected chi connectivity index (χ2v) is 4.57. The Morgan fingerprint density at radius 1 is 1.29 bits per heavy atom. The Hall–Kier alpha value is -2.60. The number of carboxylic acid groups (broad SMARTS) is 1. The van der Waals surface area contributed by atoms with Gasteiger partial charge in [0, 0.05) is 12.1 Å². The van der Waals surface area contributed by atoms with Gasteiger partial charge in [0.15, 0.2) is 0 Å². The second kappa shape index (κ2) is 6.23. The minimum atomic E-state index is -1.15. The smallest absolute Gasteiger partial charge is 0.337 e. The molecule has 0 saturated carbocycles. The second-order valence-electron chi connectivity index (χ2n) is 4.16.